The molecule has 1 unspecified atom stereocenters. The predicted octanol–water partition coefficient (Wildman–Crippen LogP) is 3.11. The number of hydrogen-bond donors (Lipinski definition) is 0. The first-order valence-corrected chi connectivity index (χ1v) is 6.87. The molecule has 0 aromatic heterocycles. The summed E-state index contributed by atoms with van der Waals surface area (Å²) >= 11 is 6.06. The summed E-state index contributed by atoms with van der Waals surface area (Å²) in [6, 6.07) is 6.11. The van der Waals surface area contributed by atoms with Gasteiger partial charge in [0.2, 0.25) is 0 Å². The van der Waals surface area contributed by atoms with Crippen LogP contribution < -0.4 is 0 Å². The molecule has 0 amide bonds. The van der Waals surface area contributed by atoms with Crippen LogP contribution in [-0.4, -0.2) is 23.8 Å². The molecule has 1 atom stereocenters. The Morgan fingerprint density at radius 3 is 3.26 bits per heavy atom. The zero-order chi connectivity index (χ0) is 13.2. The molecule has 1 aromatic rings. The summed E-state index contributed by atoms with van der Waals surface area (Å²) < 4.78 is 0. The second-order valence-electron chi connectivity index (χ2n) is 4.89. The Balaban J connectivity index is 1.87. The lowest BCUT2D eigenvalue weighted by Gasteiger charge is -2.26. The maximum atomic E-state index is 6.06. The number of halogens is 1. The molecule has 0 fully saturated rings. The fourth-order valence-electron chi connectivity index (χ4n) is 2.77. The Bertz CT molecular complexity index is 607. The average Bonchev–Trinajstić information content (AvgIpc) is 2.76. The molecule has 1 aromatic carbocycles. The lowest BCUT2D eigenvalue weighted by atomic mass is 9.99. The van der Waals surface area contributed by atoms with Crippen molar-refractivity contribution in [1.29, 1.82) is 0 Å². The number of hydrazone groups is 1. The molecule has 0 saturated carbocycles. The Hall–Kier alpha value is -1.72. The van der Waals surface area contributed by atoms with Crippen molar-refractivity contribution in [2.24, 2.45) is 11.0 Å². The van der Waals surface area contributed by atoms with Gasteiger partial charge in [-0.15, -0.1) is 0 Å². The van der Waals surface area contributed by atoms with Gasteiger partial charge < -0.3 is 0 Å². The number of nitrogens with zero attached hydrogens (tertiary/aromatic N) is 2. The van der Waals surface area contributed by atoms with Crippen molar-refractivity contribution >= 4 is 17.3 Å². The predicted molar refractivity (Wildman–Crippen MR) is 79.3 cm³/mol. The van der Waals surface area contributed by atoms with Gasteiger partial charge in [-0.05, 0) is 36.6 Å². The van der Waals surface area contributed by atoms with Gasteiger partial charge in [0.15, 0.2) is 0 Å². The third kappa shape index (κ3) is 2.39. The van der Waals surface area contributed by atoms with E-state index >= 15 is 0 Å². The van der Waals surface area contributed by atoms with Gasteiger partial charge in [-0.25, -0.2) is 0 Å². The van der Waals surface area contributed by atoms with Crippen molar-refractivity contribution in [2.45, 2.75) is 12.8 Å². The molecule has 1 aliphatic heterocycles. The van der Waals surface area contributed by atoms with Crippen molar-refractivity contribution < 1.29 is 0 Å². The smallest absolute Gasteiger partial charge is 0.0971 e. The molecule has 1 heterocycles. The van der Waals surface area contributed by atoms with Crippen LogP contribution in [0.3, 0.4) is 0 Å². The average molecular weight is 271 g/mol. The highest BCUT2D eigenvalue weighted by Gasteiger charge is 2.32. The van der Waals surface area contributed by atoms with E-state index in [9.17, 15) is 0 Å². The molecule has 3 heteroatoms. The van der Waals surface area contributed by atoms with Crippen molar-refractivity contribution in [3.8, 4) is 11.8 Å². The minimum absolute atomic E-state index is 0.553. The Morgan fingerprint density at radius 2 is 2.42 bits per heavy atom. The van der Waals surface area contributed by atoms with Gasteiger partial charge in [0, 0.05) is 23.0 Å². The number of benzene rings is 1. The van der Waals surface area contributed by atoms with E-state index in [0.29, 0.717) is 12.5 Å². The van der Waals surface area contributed by atoms with Crippen LogP contribution >= 0.6 is 11.6 Å². The van der Waals surface area contributed by atoms with E-state index < -0.39 is 0 Å². The van der Waals surface area contributed by atoms with Crippen LogP contribution in [0.15, 0.2) is 36.0 Å². The van der Waals surface area contributed by atoms with Gasteiger partial charge >= 0.3 is 0 Å². The molecule has 0 bridgehead atoms. The SMILES string of the molecule is C=CC#CCN1CCC2Cc3cc(Cl)ccc3C2=N1. The summed E-state index contributed by atoms with van der Waals surface area (Å²) in [6.45, 7) is 5.24. The van der Waals surface area contributed by atoms with E-state index in [0.717, 1.165) is 24.4 Å². The van der Waals surface area contributed by atoms with Crippen molar-refractivity contribution in [3.63, 3.8) is 0 Å². The van der Waals surface area contributed by atoms with Crippen LogP contribution in [0.4, 0.5) is 0 Å². The summed E-state index contributed by atoms with van der Waals surface area (Å²) in [5.41, 5.74) is 3.80. The first-order valence-electron chi connectivity index (χ1n) is 6.49. The molecule has 2 nitrogen and oxygen atoms in total. The Kier molecular flexibility index (Phi) is 3.31. The fraction of sp³-hybridized carbons (Fsp3) is 0.312. The number of hydrogen-bond acceptors (Lipinski definition) is 2. The summed E-state index contributed by atoms with van der Waals surface area (Å²) in [5, 5.41) is 7.62. The molecule has 0 radical (unpaired) electrons. The van der Waals surface area contributed by atoms with Gasteiger partial charge in [0.05, 0.1) is 12.3 Å². The molecule has 0 spiro atoms. The normalized spacial score (nSPS) is 19.9. The van der Waals surface area contributed by atoms with Crippen molar-refractivity contribution in [3.05, 3.63) is 47.0 Å². The van der Waals surface area contributed by atoms with Crippen LogP contribution in [0.5, 0.6) is 0 Å². The van der Waals surface area contributed by atoms with E-state index in [2.05, 4.69) is 30.6 Å². The van der Waals surface area contributed by atoms with Gasteiger partial charge in [-0.3, -0.25) is 5.01 Å². The second kappa shape index (κ2) is 5.11. The molecule has 1 aliphatic carbocycles. The highest BCUT2D eigenvalue weighted by atomic mass is 35.5. The molecule has 96 valence electrons. The summed E-state index contributed by atoms with van der Waals surface area (Å²) in [6.07, 6.45) is 3.83. The van der Waals surface area contributed by atoms with Crippen molar-refractivity contribution in [1.82, 2.24) is 5.01 Å². The maximum Gasteiger partial charge on any atom is 0.0971 e. The van der Waals surface area contributed by atoms with Crippen LogP contribution in [0.2, 0.25) is 5.02 Å². The van der Waals surface area contributed by atoms with Gasteiger partial charge in [0.1, 0.15) is 0 Å². The largest absolute Gasteiger partial charge is 0.285 e. The van der Waals surface area contributed by atoms with Gasteiger partial charge in [0.25, 0.3) is 0 Å². The summed E-state index contributed by atoms with van der Waals surface area (Å²) in [4.78, 5) is 0. The fourth-order valence-corrected chi connectivity index (χ4v) is 2.96. The van der Waals surface area contributed by atoms with Gasteiger partial charge in [-0.2, -0.15) is 5.10 Å². The lowest BCUT2D eigenvalue weighted by Crippen LogP contribution is -2.31. The van der Waals surface area contributed by atoms with E-state index in [1.807, 2.05) is 11.1 Å². The number of fused-ring (bicyclic) bond motifs is 3. The minimum atomic E-state index is 0.553. The van der Waals surface area contributed by atoms with Crippen LogP contribution in [0.1, 0.15) is 17.5 Å². The topological polar surface area (TPSA) is 15.6 Å². The molecule has 0 saturated heterocycles. The Labute approximate surface area is 118 Å². The van der Waals surface area contributed by atoms with E-state index in [-0.39, 0.29) is 0 Å². The summed E-state index contributed by atoms with van der Waals surface area (Å²) in [5.74, 6) is 6.47. The van der Waals surface area contributed by atoms with Crippen molar-refractivity contribution in [2.75, 3.05) is 13.1 Å². The first kappa shape index (κ1) is 12.3. The van der Waals surface area contributed by atoms with Crippen LogP contribution in [0, 0.1) is 17.8 Å². The molecular weight excluding hydrogens is 256 g/mol. The van der Waals surface area contributed by atoms with E-state index in [4.69, 9.17) is 16.7 Å². The molecular formula is C16H15ClN2. The van der Waals surface area contributed by atoms with Gasteiger partial charge in [-0.1, -0.05) is 36.1 Å². The number of rotatable bonds is 1. The van der Waals surface area contributed by atoms with E-state index in [1.165, 1.54) is 16.8 Å². The highest BCUT2D eigenvalue weighted by molar-refractivity contribution is 6.30. The lowest BCUT2D eigenvalue weighted by molar-refractivity contribution is 0.286. The second-order valence-corrected chi connectivity index (χ2v) is 5.33. The first-order chi connectivity index (χ1) is 9.28. The maximum absolute atomic E-state index is 6.06. The zero-order valence-corrected chi connectivity index (χ0v) is 11.5. The molecule has 0 N–H and O–H groups in total. The highest BCUT2D eigenvalue weighted by Crippen LogP contribution is 2.33. The zero-order valence-electron chi connectivity index (χ0n) is 10.7. The quantitative estimate of drug-likeness (QED) is 0.716. The number of allylic oxidation sites excluding steroid dienone is 1. The third-order valence-corrected chi connectivity index (χ3v) is 3.88. The standard InChI is InChI=1S/C16H15ClN2/c1-2-3-4-8-19-9-7-12-10-13-11-14(17)5-6-15(13)16(12)18-19/h2,5-6,11-12H,1,7-10H2. The van der Waals surface area contributed by atoms with E-state index in [1.54, 1.807) is 6.08 Å². The monoisotopic (exact) mass is 270 g/mol. The Morgan fingerprint density at radius 1 is 1.53 bits per heavy atom. The van der Waals surface area contributed by atoms with Crippen LogP contribution in [0.25, 0.3) is 0 Å². The molecule has 19 heavy (non-hydrogen) atoms. The summed E-state index contributed by atoms with van der Waals surface area (Å²) in [7, 11) is 0. The minimum Gasteiger partial charge on any atom is -0.285 e. The molecule has 2 aliphatic rings. The molecule has 3 rings (SSSR count). The van der Waals surface area contributed by atoms with Crippen LogP contribution in [-0.2, 0) is 6.42 Å². The third-order valence-electron chi connectivity index (χ3n) is 3.65.